The second-order valence-corrected chi connectivity index (χ2v) is 11.1. The second-order valence-electron chi connectivity index (χ2n) is 11.1. The van der Waals surface area contributed by atoms with E-state index in [0.29, 0.717) is 0 Å². The number of hydrogen-bond donors (Lipinski definition) is 0. The number of aryl methyl sites for hydroxylation is 2. The van der Waals surface area contributed by atoms with Gasteiger partial charge in [-0.15, -0.1) is 0 Å². The molecule has 0 aliphatic carbocycles. The van der Waals surface area contributed by atoms with Crippen molar-refractivity contribution in [2.24, 2.45) is 7.05 Å². The van der Waals surface area contributed by atoms with E-state index >= 15 is 0 Å². The Morgan fingerprint density at radius 1 is 0.595 bits per heavy atom. The van der Waals surface area contributed by atoms with Gasteiger partial charge >= 0.3 is 0 Å². The molecule has 0 unspecified atom stereocenters. The zero-order valence-electron chi connectivity index (χ0n) is 24.6. The summed E-state index contributed by atoms with van der Waals surface area (Å²) in [6.07, 6.45) is 24.6. The van der Waals surface area contributed by atoms with Crippen LogP contribution in [0.3, 0.4) is 0 Å². The van der Waals surface area contributed by atoms with Gasteiger partial charge in [-0.3, -0.25) is 0 Å². The molecule has 0 N–H and O–H groups in total. The quantitative estimate of drug-likeness (QED) is 0.0997. The maximum Gasteiger partial charge on any atom is 0.243 e. The molecular formula is C34H55BN2. The number of hydrogen-bond acceptors (Lipinski definition) is 0. The Hall–Kier alpha value is -2.29. The van der Waals surface area contributed by atoms with Crippen molar-refractivity contribution >= 4 is 17.1 Å². The van der Waals surface area contributed by atoms with Gasteiger partial charge in [0.05, 0.1) is 19.7 Å². The lowest BCUT2D eigenvalue weighted by atomic mass is 9.15. The summed E-state index contributed by atoms with van der Waals surface area (Å²) in [5.41, 5.74) is 3.12. The van der Waals surface area contributed by atoms with Crippen LogP contribution in [0.25, 0.3) is 0 Å². The summed E-state index contributed by atoms with van der Waals surface area (Å²) < 4.78 is 4.36. The van der Waals surface area contributed by atoms with Gasteiger partial charge in [-0.2, -0.15) is 12.6 Å². The van der Waals surface area contributed by atoms with Gasteiger partial charge in [-0.05, 0) is 12.8 Å². The van der Waals surface area contributed by atoms with Crippen molar-refractivity contribution in [1.82, 2.24) is 4.57 Å². The third-order valence-electron chi connectivity index (χ3n) is 8.07. The molecule has 0 fully saturated rings. The molecular weight excluding hydrogens is 447 g/mol. The lowest BCUT2D eigenvalue weighted by Crippen LogP contribution is -2.58. The summed E-state index contributed by atoms with van der Waals surface area (Å²) in [5.74, 6) is 0. The van der Waals surface area contributed by atoms with Crippen molar-refractivity contribution < 1.29 is 4.57 Å². The van der Waals surface area contributed by atoms with E-state index in [1.807, 2.05) is 0 Å². The first-order valence-electron chi connectivity index (χ1n) is 15.5. The lowest BCUT2D eigenvalue weighted by Gasteiger charge is -2.42. The largest absolute Gasteiger partial charge is 0.243 e. The highest BCUT2D eigenvalue weighted by Gasteiger charge is 2.26. The molecule has 2 aromatic carbocycles. The number of rotatable bonds is 17. The van der Waals surface area contributed by atoms with Crippen LogP contribution in [0.4, 0.5) is 0 Å². The SMILES string of the molecule is CCCCCCCCn1cc[n+](C)c1.CCCCC[B-](CCCCC)(c1ccccc1)c1ccccc1. The number of imidazole rings is 1. The molecule has 0 bridgehead atoms. The number of benzene rings is 2. The lowest BCUT2D eigenvalue weighted by molar-refractivity contribution is -0.671. The van der Waals surface area contributed by atoms with Crippen LogP contribution >= 0.6 is 0 Å². The van der Waals surface area contributed by atoms with Crippen LogP contribution in [-0.2, 0) is 13.6 Å². The van der Waals surface area contributed by atoms with Gasteiger partial charge in [-0.1, -0.05) is 146 Å². The van der Waals surface area contributed by atoms with Crippen molar-refractivity contribution in [3.05, 3.63) is 79.4 Å². The molecule has 3 aromatic rings. The zero-order chi connectivity index (χ0) is 26.6. The molecule has 3 rings (SSSR count). The van der Waals surface area contributed by atoms with E-state index in [2.05, 4.69) is 116 Å². The minimum Gasteiger partial charge on any atom is -0.240 e. The first kappa shape index (κ1) is 30.9. The Kier molecular flexibility index (Phi) is 15.8. The van der Waals surface area contributed by atoms with Gasteiger partial charge in [0.1, 0.15) is 12.4 Å². The average molecular weight is 503 g/mol. The minimum atomic E-state index is -0.627. The third kappa shape index (κ3) is 11.3. The smallest absolute Gasteiger partial charge is 0.240 e. The Balaban J connectivity index is 0.000000294. The Labute approximate surface area is 229 Å². The van der Waals surface area contributed by atoms with Crippen molar-refractivity contribution in [3.8, 4) is 0 Å². The Bertz CT molecular complexity index is 868. The van der Waals surface area contributed by atoms with Gasteiger partial charge in [0, 0.05) is 0 Å². The highest BCUT2D eigenvalue weighted by Crippen LogP contribution is 2.23. The third-order valence-corrected chi connectivity index (χ3v) is 8.07. The van der Waals surface area contributed by atoms with Gasteiger partial charge in [0.25, 0.3) is 0 Å². The first-order valence-corrected chi connectivity index (χ1v) is 15.5. The highest BCUT2D eigenvalue weighted by molar-refractivity contribution is 7.02. The van der Waals surface area contributed by atoms with Gasteiger partial charge in [0.15, 0.2) is 0 Å². The number of nitrogens with zero attached hydrogens (tertiary/aromatic N) is 2. The zero-order valence-corrected chi connectivity index (χ0v) is 24.6. The predicted octanol–water partition coefficient (Wildman–Crippen LogP) is 8.30. The van der Waals surface area contributed by atoms with E-state index in [0.717, 1.165) is 0 Å². The molecule has 0 atom stereocenters. The van der Waals surface area contributed by atoms with Crippen LogP contribution in [0.2, 0.25) is 12.6 Å². The van der Waals surface area contributed by atoms with Gasteiger partial charge in [0.2, 0.25) is 6.33 Å². The van der Waals surface area contributed by atoms with Crippen LogP contribution in [0, 0.1) is 0 Å². The summed E-state index contributed by atoms with van der Waals surface area (Å²) in [6.45, 7) is 8.04. The molecule has 0 aliphatic heterocycles. The van der Waals surface area contributed by atoms with Gasteiger partial charge in [-0.25, -0.2) is 20.1 Å². The fraction of sp³-hybridized carbons (Fsp3) is 0.559. The molecule has 0 aliphatic rings. The molecule has 3 heteroatoms. The van der Waals surface area contributed by atoms with Crippen LogP contribution in [0.15, 0.2) is 79.4 Å². The molecule has 0 amide bonds. The van der Waals surface area contributed by atoms with E-state index < -0.39 is 6.15 Å². The fourth-order valence-corrected chi connectivity index (χ4v) is 5.84. The Morgan fingerprint density at radius 2 is 1.05 bits per heavy atom. The van der Waals surface area contributed by atoms with Crippen molar-refractivity contribution in [2.45, 2.75) is 117 Å². The topological polar surface area (TPSA) is 8.81 Å². The van der Waals surface area contributed by atoms with Crippen molar-refractivity contribution in [2.75, 3.05) is 0 Å². The second kappa shape index (κ2) is 18.9. The molecule has 1 heterocycles. The van der Waals surface area contributed by atoms with Crippen LogP contribution < -0.4 is 15.5 Å². The first-order chi connectivity index (χ1) is 18.2. The fourth-order valence-electron chi connectivity index (χ4n) is 5.84. The van der Waals surface area contributed by atoms with Crippen LogP contribution in [-0.4, -0.2) is 10.7 Å². The molecule has 204 valence electrons. The van der Waals surface area contributed by atoms with Gasteiger partial charge < -0.3 is 0 Å². The summed E-state index contributed by atoms with van der Waals surface area (Å²) in [7, 11) is 2.07. The standard InChI is InChI=1S/C22H32B.C12H23N2/c1-3-5-13-19-23(20-14-6-4-2,21-15-9-7-10-16-21)22-17-11-8-12-18-22;1-3-4-5-6-7-8-9-14-11-10-13(2)12-14/h7-12,15-18H,3-6,13-14,19-20H2,1-2H3;10-12H,3-9H2,1-2H3/q-1;+1. The Morgan fingerprint density at radius 3 is 1.51 bits per heavy atom. The summed E-state index contributed by atoms with van der Waals surface area (Å²) in [5, 5.41) is 0. The summed E-state index contributed by atoms with van der Waals surface area (Å²) in [6, 6.07) is 22.6. The monoisotopic (exact) mass is 502 g/mol. The van der Waals surface area contributed by atoms with Crippen molar-refractivity contribution in [1.29, 1.82) is 0 Å². The molecule has 37 heavy (non-hydrogen) atoms. The van der Waals surface area contributed by atoms with E-state index in [4.69, 9.17) is 0 Å². The average Bonchev–Trinajstić information content (AvgIpc) is 3.36. The van der Waals surface area contributed by atoms with Crippen LogP contribution in [0.5, 0.6) is 0 Å². The van der Waals surface area contributed by atoms with E-state index in [1.54, 1.807) is 10.9 Å². The summed E-state index contributed by atoms with van der Waals surface area (Å²) in [4.78, 5) is 0. The minimum absolute atomic E-state index is 0.627. The van der Waals surface area contributed by atoms with E-state index in [-0.39, 0.29) is 0 Å². The van der Waals surface area contributed by atoms with Crippen LogP contribution in [0.1, 0.15) is 97.8 Å². The van der Waals surface area contributed by atoms with E-state index in [9.17, 15) is 0 Å². The van der Waals surface area contributed by atoms with Crippen molar-refractivity contribution in [3.63, 3.8) is 0 Å². The number of unbranched alkanes of at least 4 members (excludes halogenated alkanes) is 9. The number of aromatic nitrogens is 2. The summed E-state index contributed by atoms with van der Waals surface area (Å²) >= 11 is 0. The molecule has 0 saturated carbocycles. The predicted molar refractivity (Wildman–Crippen MR) is 166 cm³/mol. The maximum atomic E-state index is 2.37. The highest BCUT2D eigenvalue weighted by atomic mass is 15.1. The molecule has 0 saturated heterocycles. The normalized spacial score (nSPS) is 11.2. The maximum absolute atomic E-state index is 2.37. The molecule has 0 radical (unpaired) electrons. The molecule has 2 nitrogen and oxygen atoms in total. The van der Waals surface area contributed by atoms with E-state index in [1.165, 1.54) is 96.2 Å². The molecule has 1 aromatic heterocycles. The molecule has 0 spiro atoms.